The van der Waals surface area contributed by atoms with Crippen LogP contribution in [0.2, 0.25) is 0 Å². The summed E-state index contributed by atoms with van der Waals surface area (Å²) in [5, 5.41) is 11.8. The fourth-order valence-corrected chi connectivity index (χ4v) is 2.68. The summed E-state index contributed by atoms with van der Waals surface area (Å²) in [7, 11) is -4.13. The molecule has 0 saturated carbocycles. The first-order valence-corrected chi connectivity index (χ1v) is 7.70. The molecule has 1 unspecified atom stereocenters. The van der Waals surface area contributed by atoms with Gasteiger partial charge in [-0.3, -0.25) is 19.5 Å². The second kappa shape index (κ2) is 6.22. The van der Waals surface area contributed by atoms with Crippen molar-refractivity contribution in [2.45, 2.75) is 17.4 Å². The lowest BCUT2D eigenvalue weighted by molar-refractivity contribution is -0.127. The average molecular weight is 323 g/mol. The Morgan fingerprint density at radius 3 is 2.18 bits per heavy atom. The highest BCUT2D eigenvalue weighted by Gasteiger charge is 2.27. The van der Waals surface area contributed by atoms with Crippen LogP contribution in [0.5, 0.6) is 0 Å². The molecule has 0 radical (unpaired) electrons. The summed E-state index contributed by atoms with van der Waals surface area (Å²) < 4.78 is 31.0. The van der Waals surface area contributed by atoms with Gasteiger partial charge in [0.15, 0.2) is 0 Å². The van der Waals surface area contributed by atoms with Gasteiger partial charge in [-0.2, -0.15) is 8.42 Å². The predicted molar refractivity (Wildman–Crippen MR) is 77.5 cm³/mol. The van der Waals surface area contributed by atoms with Crippen molar-refractivity contribution in [3.05, 3.63) is 42.5 Å². The topological polar surface area (TPSA) is 121 Å². The monoisotopic (exact) mass is 323 g/mol. The third-order valence-corrected chi connectivity index (χ3v) is 3.88. The number of hydrogen-bond acceptors (Lipinski definition) is 5. The molecule has 7 nitrogen and oxygen atoms in total. The lowest BCUT2D eigenvalue weighted by atomic mass is 10.1. The third-order valence-electron chi connectivity index (χ3n) is 2.97. The molecule has 1 saturated heterocycles. The molecule has 1 heterocycles. The van der Waals surface area contributed by atoms with Gasteiger partial charge in [0, 0.05) is 5.39 Å². The average Bonchev–Trinajstić information content (AvgIpc) is 2.74. The fourth-order valence-electron chi connectivity index (χ4n) is 1.96. The quantitative estimate of drug-likeness (QED) is 0.518. The number of fused-ring (bicyclic) bond motifs is 1. The summed E-state index contributed by atoms with van der Waals surface area (Å²) in [6.45, 7) is 0. The number of amides is 2. The van der Waals surface area contributed by atoms with Crippen molar-refractivity contribution < 1.29 is 27.7 Å². The molecule has 0 bridgehead atoms. The van der Waals surface area contributed by atoms with Gasteiger partial charge in [-0.05, 0) is 11.5 Å². The summed E-state index contributed by atoms with van der Waals surface area (Å²) in [6.07, 6.45) is -1.19. The summed E-state index contributed by atoms with van der Waals surface area (Å²) in [6, 6.07) is 11.8. The lowest BCUT2D eigenvalue weighted by Gasteiger charge is -2.02. The molecule has 0 aromatic heterocycles. The first-order chi connectivity index (χ1) is 10.3. The second-order valence-electron chi connectivity index (χ2n) is 4.58. The van der Waals surface area contributed by atoms with Crippen LogP contribution in [-0.2, 0) is 19.7 Å². The van der Waals surface area contributed by atoms with Crippen LogP contribution in [0.25, 0.3) is 10.8 Å². The van der Waals surface area contributed by atoms with Crippen LogP contribution in [0, 0.1) is 0 Å². The smallest absolute Gasteiger partial charge is 0.295 e. The zero-order valence-electron chi connectivity index (χ0n) is 11.3. The Kier molecular flexibility index (Phi) is 4.55. The lowest BCUT2D eigenvalue weighted by Crippen LogP contribution is -2.24. The Hall–Kier alpha value is -2.29. The van der Waals surface area contributed by atoms with Crippen molar-refractivity contribution in [3.63, 3.8) is 0 Å². The van der Waals surface area contributed by atoms with Crippen LogP contribution in [0.4, 0.5) is 0 Å². The molecule has 1 atom stereocenters. The number of imide groups is 1. The number of nitrogens with one attached hydrogen (secondary N) is 1. The van der Waals surface area contributed by atoms with E-state index >= 15 is 0 Å². The second-order valence-corrected chi connectivity index (χ2v) is 5.97. The van der Waals surface area contributed by atoms with Crippen LogP contribution in [0.3, 0.4) is 0 Å². The van der Waals surface area contributed by atoms with E-state index < -0.39 is 28.0 Å². The normalized spacial score (nSPS) is 17.8. The van der Waals surface area contributed by atoms with Crippen molar-refractivity contribution in [3.8, 4) is 0 Å². The van der Waals surface area contributed by atoms with Gasteiger partial charge in [0.1, 0.15) is 11.0 Å². The summed E-state index contributed by atoms with van der Waals surface area (Å²) >= 11 is 0. The van der Waals surface area contributed by atoms with Gasteiger partial charge in [-0.1, -0.05) is 36.4 Å². The third kappa shape index (κ3) is 3.67. The molecule has 3 N–H and O–H groups in total. The zero-order valence-corrected chi connectivity index (χ0v) is 12.1. The largest absolute Gasteiger partial charge is 0.383 e. The van der Waals surface area contributed by atoms with E-state index in [1.54, 1.807) is 30.3 Å². The van der Waals surface area contributed by atoms with E-state index in [0.29, 0.717) is 5.39 Å². The highest BCUT2D eigenvalue weighted by molar-refractivity contribution is 7.86. The minimum absolute atomic E-state index is 0.0457. The molecule has 1 aliphatic rings. The Bertz CT molecular complexity index is 825. The Morgan fingerprint density at radius 2 is 1.68 bits per heavy atom. The minimum Gasteiger partial charge on any atom is -0.383 e. The van der Waals surface area contributed by atoms with Gasteiger partial charge in [0.05, 0.1) is 6.42 Å². The Balaban J connectivity index is 0.000000188. The SMILES string of the molecule is O=C1CC(O)C(=O)N1.O=S(=O)(O)c1cccc2ccccc12. The van der Waals surface area contributed by atoms with Gasteiger partial charge in [-0.25, -0.2) is 0 Å². The van der Waals surface area contributed by atoms with E-state index in [1.165, 1.54) is 6.07 Å². The van der Waals surface area contributed by atoms with Crippen molar-refractivity contribution in [2.24, 2.45) is 0 Å². The number of aliphatic hydroxyl groups excluding tert-OH is 1. The zero-order chi connectivity index (χ0) is 16.3. The van der Waals surface area contributed by atoms with Crippen molar-refractivity contribution in [1.29, 1.82) is 0 Å². The van der Waals surface area contributed by atoms with Crippen molar-refractivity contribution in [2.75, 3.05) is 0 Å². The molecule has 8 heteroatoms. The van der Waals surface area contributed by atoms with Crippen LogP contribution in [0.1, 0.15) is 6.42 Å². The van der Waals surface area contributed by atoms with Gasteiger partial charge in [-0.15, -0.1) is 0 Å². The van der Waals surface area contributed by atoms with Crippen LogP contribution >= 0.6 is 0 Å². The van der Waals surface area contributed by atoms with Gasteiger partial charge in [0.2, 0.25) is 5.91 Å². The first-order valence-electron chi connectivity index (χ1n) is 6.26. The molecule has 2 aromatic rings. The molecule has 2 aromatic carbocycles. The first kappa shape index (κ1) is 16.1. The van der Waals surface area contributed by atoms with Crippen LogP contribution < -0.4 is 5.32 Å². The number of benzene rings is 2. The standard InChI is InChI=1S/C10H8O3S.C4H5NO3/c11-14(12,13)10-7-3-5-8-4-1-2-6-9(8)10;6-2-1-3(7)5-4(2)8/h1-7H,(H,11,12,13);2,6H,1H2,(H,5,7,8). The van der Waals surface area contributed by atoms with Gasteiger partial charge >= 0.3 is 0 Å². The summed E-state index contributed by atoms with van der Waals surface area (Å²) in [4.78, 5) is 20.3. The van der Waals surface area contributed by atoms with Crippen LogP contribution in [0.15, 0.2) is 47.4 Å². The molecular formula is C14H13NO6S. The Labute approximate surface area is 126 Å². The number of carbonyl (C=O) groups excluding carboxylic acids is 2. The van der Waals surface area contributed by atoms with E-state index in [4.69, 9.17) is 9.66 Å². The summed E-state index contributed by atoms with van der Waals surface area (Å²) in [5.41, 5.74) is 0. The maximum Gasteiger partial charge on any atom is 0.295 e. The molecule has 2 amide bonds. The number of hydrogen-bond donors (Lipinski definition) is 3. The molecule has 0 aliphatic carbocycles. The molecule has 116 valence electrons. The fraction of sp³-hybridized carbons (Fsp3) is 0.143. The van der Waals surface area contributed by atoms with E-state index in [2.05, 4.69) is 0 Å². The number of carbonyl (C=O) groups is 2. The highest BCUT2D eigenvalue weighted by atomic mass is 32.2. The molecule has 3 rings (SSSR count). The molecule has 1 fully saturated rings. The number of rotatable bonds is 1. The minimum atomic E-state index is -4.13. The van der Waals surface area contributed by atoms with Gasteiger partial charge < -0.3 is 5.11 Å². The molecule has 22 heavy (non-hydrogen) atoms. The molecular weight excluding hydrogens is 310 g/mol. The molecule has 0 spiro atoms. The van der Waals surface area contributed by atoms with Crippen LogP contribution in [-0.4, -0.2) is 36.0 Å². The van der Waals surface area contributed by atoms with Crippen molar-refractivity contribution >= 4 is 32.7 Å². The van der Waals surface area contributed by atoms with E-state index in [9.17, 15) is 18.0 Å². The maximum atomic E-state index is 11.0. The van der Waals surface area contributed by atoms with E-state index in [-0.39, 0.29) is 11.3 Å². The van der Waals surface area contributed by atoms with E-state index in [1.807, 2.05) is 11.4 Å². The Morgan fingerprint density at radius 1 is 1.05 bits per heavy atom. The van der Waals surface area contributed by atoms with Gasteiger partial charge in [0.25, 0.3) is 16.0 Å². The maximum absolute atomic E-state index is 11.0. The highest BCUT2D eigenvalue weighted by Crippen LogP contribution is 2.21. The van der Waals surface area contributed by atoms with E-state index in [0.717, 1.165) is 5.39 Å². The number of aliphatic hydroxyl groups is 1. The molecule has 1 aliphatic heterocycles. The predicted octanol–water partition coefficient (Wildman–Crippen LogP) is 0.480. The summed E-state index contributed by atoms with van der Waals surface area (Å²) in [5.74, 6) is -0.988. The van der Waals surface area contributed by atoms with Crippen molar-refractivity contribution in [1.82, 2.24) is 5.32 Å².